The molecule has 124 valence electrons. The number of alkyl halides is 3. The van der Waals surface area contributed by atoms with Gasteiger partial charge in [0.1, 0.15) is 5.75 Å². The van der Waals surface area contributed by atoms with Crippen molar-refractivity contribution in [3.63, 3.8) is 0 Å². The maximum Gasteiger partial charge on any atom is 0.573 e. The largest absolute Gasteiger partial charge is 0.573 e. The molecule has 0 amide bonds. The first-order valence-corrected chi connectivity index (χ1v) is 7.44. The number of rotatable bonds is 4. The second-order valence-electron chi connectivity index (χ2n) is 6.10. The second-order valence-corrected chi connectivity index (χ2v) is 6.10. The van der Waals surface area contributed by atoms with Gasteiger partial charge < -0.3 is 10.5 Å². The summed E-state index contributed by atoms with van der Waals surface area (Å²) < 4.78 is 41.5. The van der Waals surface area contributed by atoms with E-state index < -0.39 is 6.36 Å². The van der Waals surface area contributed by atoms with E-state index in [1.165, 1.54) is 18.5 Å². The standard InChI is InChI=1S/C15H22F3N3O/c1-10(2)13-7-12(19)4-6-21(13)9-11-8-20-5-3-14(11)22-15(16,17)18/h3,5,8,10,12-13H,4,6-7,9,19H2,1-2H3. The number of piperidine rings is 1. The third kappa shape index (κ3) is 4.58. The molecule has 1 aromatic rings. The zero-order valence-corrected chi connectivity index (χ0v) is 12.8. The minimum Gasteiger partial charge on any atom is -0.405 e. The number of hydrogen-bond acceptors (Lipinski definition) is 4. The van der Waals surface area contributed by atoms with Crippen LogP contribution in [0.1, 0.15) is 32.3 Å². The van der Waals surface area contributed by atoms with E-state index >= 15 is 0 Å². The lowest BCUT2D eigenvalue weighted by Crippen LogP contribution is -2.48. The molecule has 2 N–H and O–H groups in total. The van der Waals surface area contributed by atoms with Crippen LogP contribution in [-0.2, 0) is 6.54 Å². The second kappa shape index (κ2) is 6.83. The van der Waals surface area contributed by atoms with Crippen LogP contribution in [0.25, 0.3) is 0 Å². The van der Waals surface area contributed by atoms with Gasteiger partial charge in [0.15, 0.2) is 0 Å². The number of aromatic nitrogens is 1. The molecule has 2 rings (SSSR count). The maximum absolute atomic E-state index is 12.5. The highest BCUT2D eigenvalue weighted by Crippen LogP contribution is 2.29. The molecule has 0 aromatic carbocycles. The van der Waals surface area contributed by atoms with E-state index in [0.717, 1.165) is 19.4 Å². The van der Waals surface area contributed by atoms with Crippen LogP contribution in [0.15, 0.2) is 18.5 Å². The van der Waals surface area contributed by atoms with Gasteiger partial charge in [0, 0.05) is 43.1 Å². The van der Waals surface area contributed by atoms with Crippen molar-refractivity contribution < 1.29 is 17.9 Å². The fraction of sp³-hybridized carbons (Fsp3) is 0.667. The monoisotopic (exact) mass is 317 g/mol. The Kier molecular flexibility index (Phi) is 5.28. The molecular formula is C15H22F3N3O. The molecule has 1 aromatic heterocycles. The van der Waals surface area contributed by atoms with E-state index in [-0.39, 0.29) is 17.8 Å². The molecule has 0 saturated carbocycles. The quantitative estimate of drug-likeness (QED) is 0.928. The highest BCUT2D eigenvalue weighted by molar-refractivity contribution is 5.30. The van der Waals surface area contributed by atoms with Crippen molar-refractivity contribution in [3.8, 4) is 5.75 Å². The molecule has 1 saturated heterocycles. The lowest BCUT2D eigenvalue weighted by atomic mass is 9.89. The molecule has 4 nitrogen and oxygen atoms in total. The van der Waals surface area contributed by atoms with Gasteiger partial charge in [-0.25, -0.2) is 0 Å². The number of hydrogen-bond donors (Lipinski definition) is 1. The zero-order valence-electron chi connectivity index (χ0n) is 12.8. The highest BCUT2D eigenvalue weighted by atomic mass is 19.4. The molecule has 2 atom stereocenters. The Bertz CT molecular complexity index is 493. The predicted octanol–water partition coefficient (Wildman–Crippen LogP) is 2.93. The summed E-state index contributed by atoms with van der Waals surface area (Å²) in [5.74, 6) is 0.204. The van der Waals surface area contributed by atoms with Gasteiger partial charge in [-0.2, -0.15) is 0 Å². The van der Waals surface area contributed by atoms with E-state index in [4.69, 9.17) is 5.73 Å². The maximum atomic E-state index is 12.5. The molecule has 0 radical (unpaired) electrons. The minimum absolute atomic E-state index is 0.156. The summed E-state index contributed by atoms with van der Waals surface area (Å²) in [4.78, 5) is 6.10. The third-order valence-electron chi connectivity index (χ3n) is 4.03. The van der Waals surface area contributed by atoms with Gasteiger partial charge in [0.2, 0.25) is 0 Å². The Morgan fingerprint density at radius 1 is 1.45 bits per heavy atom. The Labute approximate surface area is 128 Å². The lowest BCUT2D eigenvalue weighted by Gasteiger charge is -2.40. The van der Waals surface area contributed by atoms with Crippen LogP contribution >= 0.6 is 0 Å². The van der Waals surface area contributed by atoms with E-state index in [0.29, 0.717) is 18.0 Å². The van der Waals surface area contributed by atoms with Crippen LogP contribution < -0.4 is 10.5 Å². The van der Waals surface area contributed by atoms with Crippen LogP contribution in [0.5, 0.6) is 5.75 Å². The summed E-state index contributed by atoms with van der Waals surface area (Å²) in [6, 6.07) is 1.66. The summed E-state index contributed by atoms with van der Waals surface area (Å²) >= 11 is 0. The summed E-state index contributed by atoms with van der Waals surface area (Å²) in [6.07, 6.45) is -0.256. The number of ether oxygens (including phenoxy) is 1. The Hall–Kier alpha value is -1.34. The van der Waals surface area contributed by atoms with Gasteiger partial charge in [-0.05, 0) is 24.8 Å². The molecule has 7 heteroatoms. The number of likely N-dealkylation sites (tertiary alicyclic amines) is 1. The molecule has 2 unspecified atom stereocenters. The van der Waals surface area contributed by atoms with Gasteiger partial charge in [-0.1, -0.05) is 13.8 Å². The minimum atomic E-state index is -4.70. The molecule has 0 spiro atoms. The van der Waals surface area contributed by atoms with Crippen LogP contribution in [-0.4, -0.2) is 34.9 Å². The van der Waals surface area contributed by atoms with Crippen molar-refractivity contribution in [2.75, 3.05) is 6.54 Å². The van der Waals surface area contributed by atoms with E-state index in [1.54, 1.807) is 0 Å². The average Bonchev–Trinajstić information content (AvgIpc) is 2.41. The summed E-state index contributed by atoms with van der Waals surface area (Å²) in [5.41, 5.74) is 6.46. The van der Waals surface area contributed by atoms with Gasteiger partial charge in [0.25, 0.3) is 0 Å². The smallest absolute Gasteiger partial charge is 0.405 e. The number of nitrogens with zero attached hydrogens (tertiary/aromatic N) is 2. The van der Waals surface area contributed by atoms with Gasteiger partial charge in [-0.3, -0.25) is 9.88 Å². The predicted molar refractivity (Wildman–Crippen MR) is 77.2 cm³/mol. The summed E-state index contributed by atoms with van der Waals surface area (Å²) in [5, 5.41) is 0. The lowest BCUT2D eigenvalue weighted by molar-refractivity contribution is -0.275. The van der Waals surface area contributed by atoms with E-state index in [9.17, 15) is 13.2 Å². The molecule has 1 fully saturated rings. The van der Waals surface area contributed by atoms with Crippen molar-refractivity contribution in [2.24, 2.45) is 11.7 Å². The normalized spacial score (nSPS) is 23.8. The first-order chi connectivity index (χ1) is 10.3. The fourth-order valence-electron chi connectivity index (χ4n) is 2.94. The summed E-state index contributed by atoms with van der Waals surface area (Å²) in [6.45, 7) is 5.36. The zero-order chi connectivity index (χ0) is 16.3. The van der Waals surface area contributed by atoms with E-state index in [1.807, 2.05) is 0 Å². The van der Waals surface area contributed by atoms with Gasteiger partial charge >= 0.3 is 6.36 Å². The van der Waals surface area contributed by atoms with Crippen molar-refractivity contribution in [1.82, 2.24) is 9.88 Å². The van der Waals surface area contributed by atoms with Gasteiger partial charge in [0.05, 0.1) is 0 Å². The average molecular weight is 317 g/mol. The first kappa shape index (κ1) is 17.0. The number of pyridine rings is 1. The van der Waals surface area contributed by atoms with Crippen molar-refractivity contribution in [1.29, 1.82) is 0 Å². The number of halogens is 3. The van der Waals surface area contributed by atoms with Crippen molar-refractivity contribution in [2.45, 2.75) is 51.7 Å². The molecule has 22 heavy (non-hydrogen) atoms. The topological polar surface area (TPSA) is 51.4 Å². The van der Waals surface area contributed by atoms with Crippen molar-refractivity contribution in [3.05, 3.63) is 24.0 Å². The molecule has 2 heterocycles. The third-order valence-corrected chi connectivity index (χ3v) is 4.03. The Balaban J connectivity index is 2.15. The Morgan fingerprint density at radius 2 is 2.18 bits per heavy atom. The van der Waals surface area contributed by atoms with Crippen LogP contribution in [0.2, 0.25) is 0 Å². The molecule has 1 aliphatic heterocycles. The van der Waals surface area contributed by atoms with E-state index in [2.05, 4.69) is 28.5 Å². The molecular weight excluding hydrogens is 295 g/mol. The molecule has 1 aliphatic rings. The first-order valence-electron chi connectivity index (χ1n) is 7.44. The highest BCUT2D eigenvalue weighted by Gasteiger charge is 2.33. The van der Waals surface area contributed by atoms with Crippen LogP contribution in [0.3, 0.4) is 0 Å². The van der Waals surface area contributed by atoms with Crippen LogP contribution in [0, 0.1) is 5.92 Å². The number of nitrogens with two attached hydrogens (primary N) is 1. The van der Waals surface area contributed by atoms with Gasteiger partial charge in [-0.15, -0.1) is 13.2 Å². The fourth-order valence-corrected chi connectivity index (χ4v) is 2.94. The molecule has 0 aliphatic carbocycles. The van der Waals surface area contributed by atoms with Crippen molar-refractivity contribution >= 4 is 0 Å². The Morgan fingerprint density at radius 3 is 2.82 bits per heavy atom. The summed E-state index contributed by atoms with van der Waals surface area (Å²) in [7, 11) is 0. The van der Waals surface area contributed by atoms with Crippen LogP contribution in [0.4, 0.5) is 13.2 Å². The molecule has 0 bridgehead atoms. The SMILES string of the molecule is CC(C)C1CC(N)CCN1Cc1cnccc1OC(F)(F)F.